The molecule has 1 amide bonds. The van der Waals surface area contributed by atoms with Crippen LogP contribution < -0.4 is 16.6 Å². The van der Waals surface area contributed by atoms with E-state index in [0.29, 0.717) is 16.8 Å². The van der Waals surface area contributed by atoms with Gasteiger partial charge in [-0.3, -0.25) is 9.78 Å². The van der Waals surface area contributed by atoms with Crippen molar-refractivity contribution in [1.29, 1.82) is 0 Å². The van der Waals surface area contributed by atoms with Gasteiger partial charge in [-0.25, -0.2) is 0 Å². The van der Waals surface area contributed by atoms with Crippen molar-refractivity contribution in [2.24, 2.45) is 0 Å². The van der Waals surface area contributed by atoms with Crippen molar-refractivity contribution in [3.8, 4) is 0 Å². The first-order valence-electron chi connectivity index (χ1n) is 6.51. The molecule has 0 atom stereocenters. The lowest BCUT2D eigenvalue weighted by molar-refractivity contribution is 0.00578. The Hall–Kier alpha value is -1.60. The lowest BCUT2D eigenvalue weighted by Gasteiger charge is -2.32. The summed E-state index contributed by atoms with van der Waals surface area (Å²) in [5.41, 5.74) is 5.96. The zero-order chi connectivity index (χ0) is 15.1. The van der Waals surface area contributed by atoms with E-state index in [2.05, 4.69) is 10.3 Å². The first-order chi connectivity index (χ1) is 9.18. The third-order valence-corrected chi connectivity index (χ3v) is 3.89. The third kappa shape index (κ3) is 2.38. The number of hydrogen-bond acceptors (Lipinski definition) is 5. The zero-order valence-corrected chi connectivity index (χ0v) is 12.5. The third-order valence-electron chi connectivity index (χ3n) is 3.89. The molecule has 20 heavy (non-hydrogen) atoms. The smallest absolute Gasteiger partial charge is 0.398 e. The van der Waals surface area contributed by atoms with Crippen LogP contribution in [-0.2, 0) is 9.31 Å². The lowest BCUT2D eigenvalue weighted by Crippen LogP contribution is -2.42. The fourth-order valence-corrected chi connectivity index (χ4v) is 1.95. The molecule has 1 aliphatic heterocycles. The standard InChI is InChI=1S/C13H20BN3O3/c1-12(2)13(3,4)20-14(19-12)10-9(11(18)16-5)6-8(15)7-17-10/h6-7H,15H2,1-5H3,(H,16,18). The Morgan fingerprint density at radius 3 is 2.35 bits per heavy atom. The summed E-state index contributed by atoms with van der Waals surface area (Å²) in [5.74, 6) is -0.269. The monoisotopic (exact) mass is 277 g/mol. The van der Waals surface area contributed by atoms with Crippen LogP contribution in [0.4, 0.5) is 5.69 Å². The highest BCUT2D eigenvalue weighted by Crippen LogP contribution is 2.36. The van der Waals surface area contributed by atoms with Crippen molar-refractivity contribution in [2.45, 2.75) is 38.9 Å². The Morgan fingerprint density at radius 1 is 1.30 bits per heavy atom. The predicted octanol–water partition coefficient (Wildman–Crippen LogP) is 0.323. The molecule has 3 N–H and O–H groups in total. The molecule has 0 aromatic carbocycles. The molecule has 0 spiro atoms. The summed E-state index contributed by atoms with van der Waals surface area (Å²) < 4.78 is 11.8. The number of rotatable bonds is 2. The van der Waals surface area contributed by atoms with E-state index in [0.717, 1.165) is 0 Å². The molecule has 0 saturated carbocycles. The second kappa shape index (κ2) is 4.75. The first kappa shape index (κ1) is 14.8. The maximum Gasteiger partial charge on any atom is 0.515 e. The first-order valence-corrected chi connectivity index (χ1v) is 6.51. The quantitative estimate of drug-likeness (QED) is 0.760. The van der Waals surface area contributed by atoms with Gasteiger partial charge >= 0.3 is 7.12 Å². The molecule has 7 heteroatoms. The molecular weight excluding hydrogens is 257 g/mol. The minimum atomic E-state index is -0.687. The van der Waals surface area contributed by atoms with Gasteiger partial charge in [-0.1, -0.05) is 0 Å². The largest absolute Gasteiger partial charge is 0.515 e. The van der Waals surface area contributed by atoms with Crippen molar-refractivity contribution in [3.63, 3.8) is 0 Å². The van der Waals surface area contributed by atoms with E-state index in [1.54, 1.807) is 13.1 Å². The van der Waals surface area contributed by atoms with Gasteiger partial charge in [0.2, 0.25) is 0 Å². The molecule has 1 fully saturated rings. The Kier molecular flexibility index (Phi) is 3.52. The van der Waals surface area contributed by atoms with Crippen LogP contribution in [0.2, 0.25) is 0 Å². The van der Waals surface area contributed by atoms with Gasteiger partial charge < -0.3 is 20.4 Å². The Labute approximate surface area is 119 Å². The lowest BCUT2D eigenvalue weighted by atomic mass is 9.80. The molecule has 0 unspecified atom stereocenters. The molecule has 1 saturated heterocycles. The molecule has 1 aromatic rings. The van der Waals surface area contributed by atoms with Crippen LogP contribution >= 0.6 is 0 Å². The van der Waals surface area contributed by atoms with Crippen LogP contribution in [-0.4, -0.2) is 36.3 Å². The van der Waals surface area contributed by atoms with Gasteiger partial charge in [-0.05, 0) is 33.8 Å². The van der Waals surface area contributed by atoms with Gasteiger partial charge in [0.25, 0.3) is 5.91 Å². The highest BCUT2D eigenvalue weighted by Gasteiger charge is 2.53. The normalized spacial score (nSPS) is 19.9. The molecule has 2 heterocycles. The van der Waals surface area contributed by atoms with Crippen molar-refractivity contribution < 1.29 is 14.1 Å². The van der Waals surface area contributed by atoms with E-state index < -0.39 is 18.3 Å². The van der Waals surface area contributed by atoms with Crippen LogP contribution in [0.25, 0.3) is 0 Å². The van der Waals surface area contributed by atoms with E-state index in [1.807, 2.05) is 27.7 Å². The van der Waals surface area contributed by atoms with Crippen LogP contribution in [0, 0.1) is 0 Å². The van der Waals surface area contributed by atoms with Crippen LogP contribution in [0.3, 0.4) is 0 Å². The highest BCUT2D eigenvalue weighted by molar-refractivity contribution is 6.62. The number of nitrogens with zero attached hydrogens (tertiary/aromatic N) is 1. The fraction of sp³-hybridized carbons (Fsp3) is 0.538. The summed E-state index contributed by atoms with van der Waals surface area (Å²) in [6.45, 7) is 7.79. The fourth-order valence-electron chi connectivity index (χ4n) is 1.95. The molecule has 108 valence electrons. The number of amides is 1. The Morgan fingerprint density at radius 2 is 1.85 bits per heavy atom. The van der Waals surface area contributed by atoms with Crippen LogP contribution in [0.1, 0.15) is 38.1 Å². The van der Waals surface area contributed by atoms with Gasteiger partial charge in [0.1, 0.15) is 0 Å². The van der Waals surface area contributed by atoms with Crippen LogP contribution in [0.15, 0.2) is 12.3 Å². The Balaban J connectivity index is 2.42. The topological polar surface area (TPSA) is 86.5 Å². The number of carbonyl (C=O) groups is 1. The summed E-state index contributed by atoms with van der Waals surface area (Å²) in [7, 11) is 0.868. The van der Waals surface area contributed by atoms with E-state index in [-0.39, 0.29) is 5.91 Å². The predicted molar refractivity (Wildman–Crippen MR) is 77.8 cm³/mol. The van der Waals surface area contributed by atoms with E-state index in [9.17, 15) is 4.79 Å². The molecule has 1 aromatic heterocycles. The summed E-state index contributed by atoms with van der Waals surface area (Å²) in [6, 6.07) is 1.58. The molecule has 0 radical (unpaired) electrons. The van der Waals surface area contributed by atoms with E-state index in [4.69, 9.17) is 15.0 Å². The molecule has 0 aliphatic carbocycles. The van der Waals surface area contributed by atoms with Crippen molar-refractivity contribution in [2.75, 3.05) is 12.8 Å². The number of carbonyl (C=O) groups excluding carboxylic acids is 1. The minimum absolute atomic E-state index is 0.269. The van der Waals surface area contributed by atoms with Crippen LogP contribution in [0.5, 0.6) is 0 Å². The Bertz CT molecular complexity index is 530. The molecule has 0 bridgehead atoms. The number of nitrogens with one attached hydrogen (secondary N) is 1. The van der Waals surface area contributed by atoms with Gasteiger partial charge in [0.05, 0.1) is 28.0 Å². The van der Waals surface area contributed by atoms with E-state index in [1.165, 1.54) is 6.20 Å². The van der Waals surface area contributed by atoms with Gasteiger partial charge in [-0.15, -0.1) is 0 Å². The van der Waals surface area contributed by atoms with Gasteiger partial charge in [0.15, 0.2) is 0 Å². The molecular formula is C13H20BN3O3. The minimum Gasteiger partial charge on any atom is -0.398 e. The zero-order valence-electron chi connectivity index (χ0n) is 12.5. The molecule has 6 nitrogen and oxygen atoms in total. The summed E-state index contributed by atoms with van der Waals surface area (Å²) in [4.78, 5) is 16.2. The molecule has 1 aliphatic rings. The van der Waals surface area contributed by atoms with Crippen molar-refractivity contribution in [3.05, 3.63) is 17.8 Å². The number of anilines is 1. The van der Waals surface area contributed by atoms with Gasteiger partial charge in [0, 0.05) is 13.2 Å². The number of aromatic nitrogens is 1. The number of nitrogens with two attached hydrogens (primary N) is 1. The number of hydrogen-bond donors (Lipinski definition) is 2. The average molecular weight is 277 g/mol. The average Bonchev–Trinajstić information content (AvgIpc) is 2.57. The maximum absolute atomic E-state index is 11.9. The van der Waals surface area contributed by atoms with Crippen molar-refractivity contribution in [1.82, 2.24) is 10.3 Å². The molecule has 2 rings (SSSR count). The summed E-state index contributed by atoms with van der Waals surface area (Å²) in [5, 5.41) is 2.57. The SMILES string of the molecule is CNC(=O)c1cc(N)cnc1B1OC(C)(C)C(C)(C)O1. The highest BCUT2D eigenvalue weighted by atomic mass is 16.7. The number of pyridine rings is 1. The number of nitrogen functional groups attached to an aromatic ring is 1. The van der Waals surface area contributed by atoms with Gasteiger partial charge in [-0.2, -0.15) is 0 Å². The second-order valence-electron chi connectivity index (χ2n) is 5.87. The van der Waals surface area contributed by atoms with Crippen molar-refractivity contribution >= 4 is 24.3 Å². The second-order valence-corrected chi connectivity index (χ2v) is 5.87. The summed E-state index contributed by atoms with van der Waals surface area (Å²) >= 11 is 0. The van der Waals surface area contributed by atoms with E-state index >= 15 is 0 Å². The maximum atomic E-state index is 11.9. The summed E-state index contributed by atoms with van der Waals surface area (Å²) in [6.07, 6.45) is 1.49.